The Kier molecular flexibility index (Phi) is 5.67. The number of ether oxygens (including phenoxy) is 2. The van der Waals surface area contributed by atoms with Gasteiger partial charge in [-0.05, 0) is 45.8 Å². The predicted octanol–water partition coefficient (Wildman–Crippen LogP) is 4.39. The molecule has 0 radical (unpaired) electrons. The molecule has 8 heteroatoms. The average molecular weight is 467 g/mol. The van der Waals surface area contributed by atoms with E-state index in [1.54, 1.807) is 7.11 Å². The number of aromatic amines is 1. The van der Waals surface area contributed by atoms with E-state index < -0.39 is 6.23 Å². The van der Waals surface area contributed by atoms with Crippen LogP contribution in [0.1, 0.15) is 18.2 Å². The number of H-pyrrole nitrogens is 1. The number of amides is 1. The van der Waals surface area contributed by atoms with Gasteiger partial charge in [0.1, 0.15) is 11.4 Å². The number of nitrogens with one attached hydrogen (secondary N) is 1. The van der Waals surface area contributed by atoms with Gasteiger partial charge in [-0.1, -0.05) is 42.5 Å². The Morgan fingerprint density at radius 2 is 2.00 bits per heavy atom. The molecule has 1 aliphatic rings. The highest BCUT2D eigenvalue weighted by Crippen LogP contribution is 2.29. The quantitative estimate of drug-likeness (QED) is 0.604. The van der Waals surface area contributed by atoms with Crippen LogP contribution in [0.5, 0.6) is 5.75 Å². The molecule has 3 aromatic rings. The highest BCUT2D eigenvalue weighted by atomic mass is 79.9. The first-order valence-electron chi connectivity index (χ1n) is 9.22. The third kappa shape index (κ3) is 4.13. The minimum absolute atomic E-state index is 0.235. The van der Waals surface area contributed by atoms with Gasteiger partial charge in [-0.3, -0.25) is 9.89 Å². The van der Waals surface area contributed by atoms with E-state index in [9.17, 15) is 4.79 Å². The van der Waals surface area contributed by atoms with Crippen molar-refractivity contribution in [2.75, 3.05) is 7.11 Å². The molecule has 2 aromatic carbocycles. The van der Waals surface area contributed by atoms with Crippen LogP contribution in [-0.4, -0.2) is 40.3 Å². The predicted molar refractivity (Wildman–Crippen MR) is 118 cm³/mol. The van der Waals surface area contributed by atoms with E-state index in [1.165, 1.54) is 11.9 Å². The number of aromatic nitrogens is 2. The highest BCUT2D eigenvalue weighted by molar-refractivity contribution is 9.11. The van der Waals surface area contributed by atoms with Crippen molar-refractivity contribution in [3.8, 4) is 17.0 Å². The molecule has 0 spiro atoms. The molecule has 1 amide bonds. The Morgan fingerprint density at radius 1 is 1.20 bits per heavy atom. The molecule has 0 saturated carbocycles. The van der Waals surface area contributed by atoms with Crippen LogP contribution in [0.25, 0.3) is 17.3 Å². The molecule has 0 fully saturated rings. The van der Waals surface area contributed by atoms with Crippen LogP contribution >= 0.6 is 15.9 Å². The van der Waals surface area contributed by atoms with Crippen molar-refractivity contribution in [3.05, 3.63) is 76.4 Å². The first-order chi connectivity index (χ1) is 14.5. The topological polar surface area (TPSA) is 79.8 Å². The second-order valence-electron chi connectivity index (χ2n) is 6.58. The molecule has 0 saturated heterocycles. The zero-order valence-corrected chi connectivity index (χ0v) is 18.0. The summed E-state index contributed by atoms with van der Waals surface area (Å²) in [6.07, 6.45) is 1.20. The molecule has 4 rings (SSSR count). The second kappa shape index (κ2) is 8.54. The van der Waals surface area contributed by atoms with Crippen LogP contribution in [0.3, 0.4) is 0 Å². The molecule has 0 bridgehead atoms. The van der Waals surface area contributed by atoms with Gasteiger partial charge < -0.3 is 9.47 Å². The number of hydrogen-bond donors (Lipinski definition) is 1. The molecule has 1 aromatic heterocycles. The first kappa shape index (κ1) is 19.9. The summed E-state index contributed by atoms with van der Waals surface area (Å²) in [5.41, 5.74) is 3.15. The zero-order chi connectivity index (χ0) is 21.1. The van der Waals surface area contributed by atoms with Crippen molar-refractivity contribution in [2.24, 2.45) is 5.10 Å². The normalized spacial score (nSPS) is 16.2. The SMILES string of the molecule is COc1cccc(-c2cc(C3=NN(C(C)=O)[C@H](/C(Br)=C/c4ccccc4)O3)[nH]n2)c1. The third-order valence-corrected chi connectivity index (χ3v) is 5.10. The molecule has 1 aliphatic heterocycles. The minimum Gasteiger partial charge on any atom is -0.497 e. The Balaban J connectivity index is 1.60. The fourth-order valence-corrected chi connectivity index (χ4v) is 3.55. The summed E-state index contributed by atoms with van der Waals surface area (Å²) in [5.74, 6) is 0.792. The van der Waals surface area contributed by atoms with Gasteiger partial charge in [0.2, 0.25) is 12.1 Å². The average Bonchev–Trinajstić information content (AvgIpc) is 3.42. The molecule has 30 heavy (non-hydrogen) atoms. The maximum absolute atomic E-state index is 12.1. The summed E-state index contributed by atoms with van der Waals surface area (Å²) < 4.78 is 11.9. The van der Waals surface area contributed by atoms with Gasteiger partial charge in [-0.15, -0.1) is 5.10 Å². The van der Waals surface area contributed by atoms with E-state index in [-0.39, 0.29) is 11.8 Å². The summed E-state index contributed by atoms with van der Waals surface area (Å²) in [7, 11) is 1.62. The Hall–Kier alpha value is -3.39. The molecule has 1 N–H and O–H groups in total. The lowest BCUT2D eigenvalue weighted by atomic mass is 10.1. The van der Waals surface area contributed by atoms with Gasteiger partial charge in [-0.25, -0.2) is 0 Å². The summed E-state index contributed by atoms with van der Waals surface area (Å²) in [5, 5.41) is 12.9. The third-order valence-electron chi connectivity index (χ3n) is 4.48. The lowest BCUT2D eigenvalue weighted by Crippen LogP contribution is -2.32. The lowest BCUT2D eigenvalue weighted by molar-refractivity contribution is -0.133. The number of hydrazone groups is 1. The van der Waals surface area contributed by atoms with Gasteiger partial charge in [0.15, 0.2) is 0 Å². The van der Waals surface area contributed by atoms with Gasteiger partial charge in [0.05, 0.1) is 17.3 Å². The van der Waals surface area contributed by atoms with E-state index in [0.29, 0.717) is 15.9 Å². The summed E-state index contributed by atoms with van der Waals surface area (Å²) >= 11 is 3.54. The number of hydrogen-bond acceptors (Lipinski definition) is 5. The molecular weight excluding hydrogens is 448 g/mol. The molecule has 0 unspecified atom stereocenters. The van der Waals surface area contributed by atoms with Crippen LogP contribution in [0.2, 0.25) is 0 Å². The van der Waals surface area contributed by atoms with E-state index in [2.05, 4.69) is 31.2 Å². The Labute approximate surface area is 182 Å². The number of benzene rings is 2. The smallest absolute Gasteiger partial charge is 0.259 e. The van der Waals surface area contributed by atoms with Crippen LogP contribution in [0.4, 0.5) is 0 Å². The standard InChI is InChI=1S/C22H19BrN4O3/c1-14(28)27-22(18(23)11-15-7-4-3-5-8-15)30-21(26-27)20-13-19(24-25-20)16-9-6-10-17(12-16)29-2/h3-13,22H,1-2H3,(H,24,25)/b18-11-/t22-/m0/s1. The van der Waals surface area contributed by atoms with Crippen molar-refractivity contribution in [1.82, 2.24) is 15.2 Å². The number of halogens is 1. The van der Waals surface area contributed by atoms with Gasteiger partial charge in [0.25, 0.3) is 5.90 Å². The van der Waals surface area contributed by atoms with Crippen LogP contribution in [0, 0.1) is 0 Å². The summed E-state index contributed by atoms with van der Waals surface area (Å²) in [4.78, 5) is 12.1. The largest absolute Gasteiger partial charge is 0.497 e. The molecule has 152 valence electrons. The summed E-state index contributed by atoms with van der Waals surface area (Å²) in [6, 6.07) is 19.2. The number of nitrogens with zero attached hydrogens (tertiary/aromatic N) is 3. The van der Waals surface area contributed by atoms with Crippen molar-refractivity contribution in [2.45, 2.75) is 13.2 Å². The zero-order valence-electron chi connectivity index (χ0n) is 16.4. The first-order valence-corrected chi connectivity index (χ1v) is 10.0. The van der Waals surface area contributed by atoms with E-state index >= 15 is 0 Å². The fraction of sp³-hybridized carbons (Fsp3) is 0.136. The van der Waals surface area contributed by atoms with Crippen molar-refractivity contribution in [3.63, 3.8) is 0 Å². The van der Waals surface area contributed by atoms with Crippen LogP contribution < -0.4 is 4.74 Å². The van der Waals surface area contributed by atoms with E-state index in [1.807, 2.05) is 66.7 Å². The number of carbonyl (C=O) groups is 1. The second-order valence-corrected chi connectivity index (χ2v) is 7.49. The maximum Gasteiger partial charge on any atom is 0.259 e. The van der Waals surface area contributed by atoms with Crippen molar-refractivity contribution < 1.29 is 14.3 Å². The van der Waals surface area contributed by atoms with Gasteiger partial charge in [0, 0.05) is 12.5 Å². The molecule has 7 nitrogen and oxygen atoms in total. The van der Waals surface area contributed by atoms with E-state index in [4.69, 9.17) is 9.47 Å². The van der Waals surface area contributed by atoms with E-state index in [0.717, 1.165) is 16.9 Å². The maximum atomic E-state index is 12.1. The van der Waals surface area contributed by atoms with Crippen molar-refractivity contribution in [1.29, 1.82) is 0 Å². The monoisotopic (exact) mass is 466 g/mol. The fourth-order valence-electron chi connectivity index (χ4n) is 3.00. The number of rotatable bonds is 5. The molecule has 2 heterocycles. The Morgan fingerprint density at radius 3 is 2.73 bits per heavy atom. The van der Waals surface area contributed by atoms with Crippen LogP contribution in [-0.2, 0) is 9.53 Å². The number of methoxy groups -OCH3 is 1. The lowest BCUT2D eigenvalue weighted by Gasteiger charge is -2.18. The molecule has 0 aliphatic carbocycles. The van der Waals surface area contributed by atoms with Crippen LogP contribution in [0.15, 0.2) is 70.2 Å². The summed E-state index contributed by atoms with van der Waals surface area (Å²) in [6.45, 7) is 1.44. The van der Waals surface area contributed by atoms with Gasteiger partial charge >= 0.3 is 0 Å². The minimum atomic E-state index is -0.693. The molecular formula is C22H19BrN4O3. The molecule has 1 atom stereocenters. The van der Waals surface area contributed by atoms with Gasteiger partial charge in [-0.2, -0.15) is 10.1 Å². The number of carbonyl (C=O) groups excluding carboxylic acids is 1. The highest BCUT2D eigenvalue weighted by Gasteiger charge is 2.34. The Bertz CT molecular complexity index is 1120. The van der Waals surface area contributed by atoms with Crippen molar-refractivity contribution >= 4 is 33.8 Å².